The van der Waals surface area contributed by atoms with Crippen LogP contribution in [0.5, 0.6) is 0 Å². The van der Waals surface area contributed by atoms with E-state index in [4.69, 9.17) is 0 Å². The predicted molar refractivity (Wildman–Crippen MR) is 111 cm³/mol. The summed E-state index contributed by atoms with van der Waals surface area (Å²) < 4.78 is 0. The highest BCUT2D eigenvalue weighted by molar-refractivity contribution is 7.18. The van der Waals surface area contributed by atoms with Gasteiger partial charge in [-0.3, -0.25) is 19.4 Å². The van der Waals surface area contributed by atoms with Gasteiger partial charge in [-0.25, -0.2) is 4.98 Å². The van der Waals surface area contributed by atoms with Gasteiger partial charge in [-0.2, -0.15) is 0 Å². The van der Waals surface area contributed by atoms with Crippen molar-refractivity contribution in [1.82, 2.24) is 19.8 Å². The lowest BCUT2D eigenvalue weighted by Gasteiger charge is -2.34. The Morgan fingerprint density at radius 2 is 1.66 bits per heavy atom. The predicted octanol–water partition coefficient (Wildman–Crippen LogP) is 2.43. The maximum absolute atomic E-state index is 13.0. The third-order valence-corrected chi connectivity index (χ3v) is 5.81. The number of carbonyl (C=O) groups is 3. The number of carbonyl (C=O) groups excluding carboxylic acids is 3. The van der Waals surface area contributed by atoms with Crippen molar-refractivity contribution >= 4 is 34.1 Å². The van der Waals surface area contributed by atoms with E-state index in [1.54, 1.807) is 9.80 Å². The van der Waals surface area contributed by atoms with Crippen LogP contribution in [0.15, 0.2) is 24.7 Å². The second-order valence-electron chi connectivity index (χ2n) is 8.00. The Bertz CT molecular complexity index is 912. The monoisotopic (exact) mass is 415 g/mol. The first-order chi connectivity index (χ1) is 13.7. The molecule has 0 saturated carbocycles. The summed E-state index contributed by atoms with van der Waals surface area (Å²) in [6.07, 6.45) is 4.46. The van der Waals surface area contributed by atoms with Gasteiger partial charge >= 0.3 is 0 Å². The third kappa shape index (κ3) is 4.79. The number of amides is 3. The van der Waals surface area contributed by atoms with Crippen LogP contribution in [0.2, 0.25) is 0 Å². The van der Waals surface area contributed by atoms with Gasteiger partial charge < -0.3 is 15.1 Å². The number of hydrogen-bond donors (Lipinski definition) is 1. The summed E-state index contributed by atoms with van der Waals surface area (Å²) in [5.74, 6) is -0.339. The molecule has 2 aromatic heterocycles. The number of thiophene rings is 1. The van der Waals surface area contributed by atoms with E-state index in [2.05, 4.69) is 15.3 Å². The molecule has 0 unspecified atom stereocenters. The summed E-state index contributed by atoms with van der Waals surface area (Å²) >= 11 is 1.29. The fourth-order valence-corrected chi connectivity index (χ4v) is 3.92. The van der Waals surface area contributed by atoms with E-state index in [0.717, 1.165) is 5.56 Å². The molecule has 8 nitrogen and oxygen atoms in total. The molecule has 0 atom stereocenters. The molecule has 29 heavy (non-hydrogen) atoms. The zero-order chi connectivity index (χ0) is 21.2. The first-order valence-corrected chi connectivity index (χ1v) is 10.2. The Kier molecular flexibility index (Phi) is 5.97. The van der Waals surface area contributed by atoms with E-state index < -0.39 is 5.41 Å². The highest BCUT2D eigenvalue weighted by Gasteiger charge is 2.28. The Labute approximate surface area is 173 Å². The third-order valence-electron chi connectivity index (χ3n) is 4.67. The number of aryl methyl sites for hydroxylation is 1. The molecule has 3 heterocycles. The van der Waals surface area contributed by atoms with Gasteiger partial charge in [0, 0.05) is 44.0 Å². The van der Waals surface area contributed by atoms with Gasteiger partial charge in [0.25, 0.3) is 11.8 Å². The second kappa shape index (κ2) is 8.28. The lowest BCUT2D eigenvalue weighted by atomic mass is 9.96. The van der Waals surface area contributed by atoms with Crippen LogP contribution in [0.4, 0.5) is 5.00 Å². The van der Waals surface area contributed by atoms with E-state index in [1.165, 1.54) is 29.9 Å². The van der Waals surface area contributed by atoms with E-state index >= 15 is 0 Å². The summed E-state index contributed by atoms with van der Waals surface area (Å²) in [5.41, 5.74) is 0.636. The topological polar surface area (TPSA) is 95.5 Å². The highest BCUT2D eigenvalue weighted by atomic mass is 32.1. The molecule has 1 saturated heterocycles. The normalized spacial score (nSPS) is 14.6. The van der Waals surface area contributed by atoms with Gasteiger partial charge in [-0.1, -0.05) is 20.8 Å². The molecule has 1 fully saturated rings. The fraction of sp³-hybridized carbons (Fsp3) is 0.450. The molecule has 0 bridgehead atoms. The summed E-state index contributed by atoms with van der Waals surface area (Å²) in [4.78, 5) is 49.6. The molecular weight excluding hydrogens is 390 g/mol. The largest absolute Gasteiger partial charge is 0.334 e. The van der Waals surface area contributed by atoms with E-state index in [9.17, 15) is 14.4 Å². The van der Waals surface area contributed by atoms with Crippen LogP contribution in [0.25, 0.3) is 0 Å². The Morgan fingerprint density at radius 3 is 2.21 bits per heavy atom. The zero-order valence-corrected chi connectivity index (χ0v) is 17.9. The molecule has 0 aliphatic carbocycles. The molecule has 1 aliphatic rings. The molecule has 2 aromatic rings. The average Bonchev–Trinajstić information content (AvgIpc) is 3.07. The minimum atomic E-state index is -0.506. The van der Waals surface area contributed by atoms with Crippen LogP contribution in [0.1, 0.15) is 46.5 Å². The van der Waals surface area contributed by atoms with Crippen molar-refractivity contribution in [2.45, 2.75) is 27.7 Å². The van der Waals surface area contributed by atoms with Gasteiger partial charge in [0.05, 0.1) is 16.1 Å². The zero-order valence-electron chi connectivity index (χ0n) is 17.1. The Balaban J connectivity index is 1.62. The number of hydrogen-bond acceptors (Lipinski definition) is 6. The number of aromatic nitrogens is 2. The van der Waals surface area contributed by atoms with E-state index in [1.807, 2.05) is 33.8 Å². The minimum absolute atomic E-state index is 0.0737. The molecule has 3 rings (SSSR count). The molecule has 1 aliphatic heterocycles. The van der Waals surface area contributed by atoms with Crippen molar-refractivity contribution < 1.29 is 14.4 Å². The van der Waals surface area contributed by atoms with Crippen molar-refractivity contribution in [2.24, 2.45) is 5.41 Å². The van der Waals surface area contributed by atoms with Gasteiger partial charge in [-0.15, -0.1) is 11.3 Å². The van der Waals surface area contributed by atoms with Crippen LogP contribution in [0.3, 0.4) is 0 Å². The molecule has 0 spiro atoms. The van der Waals surface area contributed by atoms with Crippen molar-refractivity contribution in [1.29, 1.82) is 0 Å². The standard InChI is InChI=1S/C20H25N5O3S/c1-13-11-15(23-19(28)20(2,3)4)29-16(13)18(27)25-9-7-24(8-10-25)17(26)14-12-21-5-6-22-14/h5-6,11-12H,7-10H2,1-4H3,(H,23,28). The molecule has 1 N–H and O–H groups in total. The summed E-state index contributed by atoms with van der Waals surface area (Å²) in [5, 5.41) is 3.55. The SMILES string of the molecule is Cc1cc(NC(=O)C(C)(C)C)sc1C(=O)N1CCN(C(=O)c2cnccn2)CC1. The Morgan fingerprint density at radius 1 is 1.03 bits per heavy atom. The number of rotatable bonds is 3. The van der Waals surface area contributed by atoms with E-state index in [0.29, 0.717) is 41.8 Å². The lowest BCUT2D eigenvalue weighted by molar-refractivity contribution is -0.123. The first-order valence-electron chi connectivity index (χ1n) is 9.43. The molecule has 3 amide bonds. The van der Waals surface area contributed by atoms with Crippen molar-refractivity contribution in [3.05, 3.63) is 40.8 Å². The first kappa shape index (κ1) is 20.9. The van der Waals surface area contributed by atoms with Crippen molar-refractivity contribution in [2.75, 3.05) is 31.5 Å². The fourth-order valence-electron chi connectivity index (χ4n) is 2.88. The smallest absolute Gasteiger partial charge is 0.274 e. The van der Waals surface area contributed by atoms with Gasteiger partial charge in [0.1, 0.15) is 5.69 Å². The molecule has 9 heteroatoms. The summed E-state index contributed by atoms with van der Waals surface area (Å²) in [6.45, 7) is 9.18. The van der Waals surface area contributed by atoms with Crippen LogP contribution in [-0.2, 0) is 4.79 Å². The number of anilines is 1. The maximum Gasteiger partial charge on any atom is 0.274 e. The van der Waals surface area contributed by atoms with E-state index in [-0.39, 0.29) is 17.7 Å². The van der Waals surface area contributed by atoms with Gasteiger partial charge in [0.2, 0.25) is 5.91 Å². The molecule has 0 aromatic carbocycles. The molecular formula is C20H25N5O3S. The average molecular weight is 416 g/mol. The van der Waals surface area contributed by atoms with Gasteiger partial charge in [0.15, 0.2) is 0 Å². The summed E-state index contributed by atoms with van der Waals surface area (Å²) in [6, 6.07) is 1.83. The van der Waals surface area contributed by atoms with Crippen LogP contribution >= 0.6 is 11.3 Å². The molecule has 154 valence electrons. The van der Waals surface area contributed by atoms with Crippen LogP contribution in [0, 0.1) is 12.3 Å². The second-order valence-corrected chi connectivity index (χ2v) is 9.05. The minimum Gasteiger partial charge on any atom is -0.334 e. The summed E-state index contributed by atoms with van der Waals surface area (Å²) in [7, 11) is 0. The van der Waals surface area contributed by atoms with Crippen LogP contribution in [-0.4, -0.2) is 63.7 Å². The molecule has 0 radical (unpaired) electrons. The number of piperazine rings is 1. The van der Waals surface area contributed by atoms with Crippen molar-refractivity contribution in [3.8, 4) is 0 Å². The van der Waals surface area contributed by atoms with Gasteiger partial charge in [-0.05, 0) is 18.6 Å². The quantitative estimate of drug-likeness (QED) is 0.831. The van der Waals surface area contributed by atoms with Crippen LogP contribution < -0.4 is 5.32 Å². The lowest BCUT2D eigenvalue weighted by Crippen LogP contribution is -2.50. The highest BCUT2D eigenvalue weighted by Crippen LogP contribution is 2.29. The maximum atomic E-state index is 13.0. The number of nitrogens with zero attached hydrogens (tertiary/aromatic N) is 4. The van der Waals surface area contributed by atoms with Crippen molar-refractivity contribution in [3.63, 3.8) is 0 Å². The Hall–Kier alpha value is -2.81. The number of nitrogens with one attached hydrogen (secondary N) is 1.